The lowest BCUT2D eigenvalue weighted by atomic mass is 10.3. The van der Waals surface area contributed by atoms with Crippen molar-refractivity contribution in [1.82, 2.24) is 4.57 Å². The molecule has 8 heteroatoms. The van der Waals surface area contributed by atoms with Gasteiger partial charge in [-0.05, 0) is 24.3 Å². The summed E-state index contributed by atoms with van der Waals surface area (Å²) in [7, 11) is 1.31. The van der Waals surface area contributed by atoms with Crippen LogP contribution in [0.3, 0.4) is 0 Å². The Morgan fingerprint density at radius 1 is 1.15 bits per heavy atom. The molecule has 0 aliphatic heterocycles. The Morgan fingerprint density at radius 2 is 1.93 bits per heavy atom. The lowest BCUT2D eigenvalue weighted by molar-refractivity contribution is -0.141. The number of rotatable bonds is 6. The standard InChI is InChI=1S/C19H17ClN2O4S/c1-25-17(24)12-22-18-14(20)8-5-9-15(18)27-19(22)21-16(23)10-11-26-13-6-3-2-4-7-13/h2-9H,10-12H2,1H3. The van der Waals surface area contributed by atoms with E-state index >= 15 is 0 Å². The molecule has 0 unspecified atom stereocenters. The molecule has 0 saturated heterocycles. The molecule has 0 saturated carbocycles. The average Bonchev–Trinajstić information content (AvgIpc) is 3.00. The SMILES string of the molecule is COC(=O)Cn1c(=NC(=O)CCOc2ccccc2)sc2cccc(Cl)c21. The zero-order chi connectivity index (χ0) is 19.2. The maximum atomic E-state index is 12.3. The van der Waals surface area contributed by atoms with Crippen LogP contribution in [-0.2, 0) is 20.9 Å². The Bertz CT molecular complexity index is 1030. The second kappa shape index (κ2) is 8.83. The molecule has 0 spiro atoms. The minimum Gasteiger partial charge on any atom is -0.493 e. The number of hydrogen-bond donors (Lipinski definition) is 0. The third-order valence-corrected chi connectivity index (χ3v) is 5.06. The number of halogens is 1. The Kier molecular flexibility index (Phi) is 6.26. The maximum absolute atomic E-state index is 12.3. The number of aromatic nitrogens is 1. The largest absolute Gasteiger partial charge is 0.493 e. The molecule has 3 aromatic rings. The van der Waals surface area contributed by atoms with Gasteiger partial charge in [0.05, 0.1) is 35.4 Å². The average molecular weight is 405 g/mol. The third-order valence-electron chi connectivity index (χ3n) is 3.71. The van der Waals surface area contributed by atoms with Crippen molar-refractivity contribution < 1.29 is 19.1 Å². The van der Waals surface area contributed by atoms with Crippen LogP contribution in [0.25, 0.3) is 10.2 Å². The predicted molar refractivity (Wildman–Crippen MR) is 104 cm³/mol. The highest BCUT2D eigenvalue weighted by Crippen LogP contribution is 2.25. The third kappa shape index (κ3) is 4.75. The fraction of sp³-hybridized carbons (Fsp3) is 0.211. The monoisotopic (exact) mass is 404 g/mol. The van der Waals surface area contributed by atoms with Crippen LogP contribution in [0.5, 0.6) is 5.75 Å². The summed E-state index contributed by atoms with van der Waals surface area (Å²) in [5.41, 5.74) is 0.654. The van der Waals surface area contributed by atoms with Gasteiger partial charge in [0.25, 0.3) is 5.91 Å². The number of esters is 1. The quantitative estimate of drug-likeness (QED) is 0.590. The number of amides is 1. The molecule has 0 atom stereocenters. The number of benzene rings is 2. The van der Waals surface area contributed by atoms with Crippen LogP contribution in [0, 0.1) is 0 Å². The zero-order valence-electron chi connectivity index (χ0n) is 14.6. The molecule has 140 valence electrons. The highest BCUT2D eigenvalue weighted by atomic mass is 35.5. The number of thiazole rings is 1. The Morgan fingerprint density at radius 3 is 2.67 bits per heavy atom. The van der Waals surface area contributed by atoms with Crippen molar-refractivity contribution >= 4 is 45.0 Å². The first-order valence-electron chi connectivity index (χ1n) is 8.18. The van der Waals surface area contributed by atoms with Crippen molar-refractivity contribution in [2.45, 2.75) is 13.0 Å². The lowest BCUT2D eigenvalue weighted by Gasteiger charge is -2.05. The first-order valence-corrected chi connectivity index (χ1v) is 9.38. The molecule has 0 N–H and O–H groups in total. The topological polar surface area (TPSA) is 69.9 Å². The number of fused-ring (bicyclic) bond motifs is 1. The van der Waals surface area contributed by atoms with E-state index in [1.165, 1.54) is 18.4 Å². The summed E-state index contributed by atoms with van der Waals surface area (Å²) in [5.74, 6) is -0.0946. The maximum Gasteiger partial charge on any atom is 0.325 e. The van der Waals surface area contributed by atoms with Crippen molar-refractivity contribution in [2.24, 2.45) is 4.99 Å². The van der Waals surface area contributed by atoms with Gasteiger partial charge in [0.2, 0.25) is 0 Å². The van der Waals surface area contributed by atoms with Crippen LogP contribution in [-0.4, -0.2) is 30.2 Å². The fourth-order valence-corrected chi connectivity index (χ4v) is 3.85. The zero-order valence-corrected chi connectivity index (χ0v) is 16.1. The highest BCUT2D eigenvalue weighted by molar-refractivity contribution is 7.16. The first kappa shape index (κ1) is 19.1. The molecule has 2 aromatic carbocycles. The molecule has 0 bridgehead atoms. The minimum atomic E-state index is -0.448. The van der Waals surface area contributed by atoms with Crippen molar-refractivity contribution in [3.63, 3.8) is 0 Å². The molecule has 1 heterocycles. The number of nitrogens with zero attached hydrogens (tertiary/aromatic N) is 2. The summed E-state index contributed by atoms with van der Waals surface area (Å²) in [4.78, 5) is 28.6. The van der Waals surface area contributed by atoms with E-state index in [0.717, 1.165) is 4.70 Å². The fourth-order valence-electron chi connectivity index (χ4n) is 2.45. The smallest absolute Gasteiger partial charge is 0.325 e. The lowest BCUT2D eigenvalue weighted by Crippen LogP contribution is -2.22. The summed E-state index contributed by atoms with van der Waals surface area (Å²) < 4.78 is 12.7. The Balaban J connectivity index is 1.83. The normalized spacial score (nSPS) is 11.6. The number of para-hydroxylation sites is 2. The van der Waals surface area contributed by atoms with E-state index in [9.17, 15) is 9.59 Å². The van der Waals surface area contributed by atoms with Crippen molar-refractivity contribution in [3.8, 4) is 5.75 Å². The van der Waals surface area contributed by atoms with Crippen LogP contribution in [0.1, 0.15) is 6.42 Å². The first-order chi connectivity index (χ1) is 13.1. The van der Waals surface area contributed by atoms with Crippen LogP contribution in [0.2, 0.25) is 5.02 Å². The van der Waals surface area contributed by atoms with Crippen molar-refractivity contribution in [3.05, 3.63) is 58.4 Å². The number of carbonyl (C=O) groups excluding carboxylic acids is 2. The van der Waals surface area contributed by atoms with Crippen LogP contribution in [0.15, 0.2) is 53.5 Å². The second-order valence-electron chi connectivity index (χ2n) is 5.55. The number of ether oxygens (including phenoxy) is 2. The molecular weight excluding hydrogens is 388 g/mol. The highest BCUT2D eigenvalue weighted by Gasteiger charge is 2.14. The van der Waals surface area contributed by atoms with E-state index in [0.29, 0.717) is 21.1 Å². The van der Waals surface area contributed by atoms with Gasteiger partial charge >= 0.3 is 5.97 Å². The molecule has 1 amide bonds. The van der Waals surface area contributed by atoms with Gasteiger partial charge in [0.15, 0.2) is 4.80 Å². The van der Waals surface area contributed by atoms with Crippen molar-refractivity contribution in [2.75, 3.05) is 13.7 Å². The van der Waals surface area contributed by atoms with Gasteiger partial charge in [-0.3, -0.25) is 9.59 Å². The number of hydrogen-bond acceptors (Lipinski definition) is 5. The molecule has 1 aromatic heterocycles. The molecule has 6 nitrogen and oxygen atoms in total. The van der Waals surface area contributed by atoms with Crippen LogP contribution >= 0.6 is 22.9 Å². The molecule has 27 heavy (non-hydrogen) atoms. The minimum absolute atomic E-state index is 0.0765. The van der Waals surface area contributed by atoms with Gasteiger partial charge in [0, 0.05) is 0 Å². The summed E-state index contributed by atoms with van der Waals surface area (Å²) in [5, 5.41) is 0.481. The molecule has 0 aliphatic carbocycles. The van der Waals surface area contributed by atoms with Crippen molar-refractivity contribution in [1.29, 1.82) is 0 Å². The van der Waals surface area contributed by atoms with E-state index in [1.807, 2.05) is 42.5 Å². The molecule has 3 rings (SSSR count). The van der Waals surface area contributed by atoms with Gasteiger partial charge in [0.1, 0.15) is 12.3 Å². The number of methoxy groups -OCH3 is 1. The van der Waals surface area contributed by atoms with E-state index in [2.05, 4.69) is 4.99 Å². The summed E-state index contributed by atoms with van der Waals surface area (Å²) in [6.45, 7) is 0.141. The van der Waals surface area contributed by atoms with Crippen LogP contribution in [0.4, 0.5) is 0 Å². The van der Waals surface area contributed by atoms with E-state index in [-0.39, 0.29) is 25.5 Å². The summed E-state index contributed by atoms with van der Waals surface area (Å²) in [6, 6.07) is 14.6. The second-order valence-corrected chi connectivity index (χ2v) is 6.97. The summed E-state index contributed by atoms with van der Waals surface area (Å²) >= 11 is 7.57. The summed E-state index contributed by atoms with van der Waals surface area (Å²) in [6.07, 6.45) is 0.120. The van der Waals surface area contributed by atoms with Gasteiger partial charge < -0.3 is 14.0 Å². The molecule has 0 fully saturated rings. The molecule has 0 aliphatic rings. The Hall–Kier alpha value is -2.64. The van der Waals surface area contributed by atoms with Gasteiger partial charge in [-0.25, -0.2) is 0 Å². The van der Waals surface area contributed by atoms with E-state index in [1.54, 1.807) is 10.6 Å². The van der Waals surface area contributed by atoms with Crippen LogP contribution < -0.4 is 9.54 Å². The Labute approximate surface area is 164 Å². The van der Waals surface area contributed by atoms with E-state index in [4.69, 9.17) is 21.1 Å². The van der Waals surface area contributed by atoms with Gasteiger partial charge in [-0.2, -0.15) is 4.99 Å². The van der Waals surface area contributed by atoms with Gasteiger partial charge in [-0.1, -0.05) is 47.2 Å². The van der Waals surface area contributed by atoms with E-state index < -0.39 is 5.97 Å². The van der Waals surface area contributed by atoms with Gasteiger partial charge in [-0.15, -0.1) is 0 Å². The number of carbonyl (C=O) groups is 2. The molecule has 0 radical (unpaired) electrons. The predicted octanol–water partition coefficient (Wildman–Crippen LogP) is 3.43. The molecular formula is C19H17ClN2O4S.